The average Bonchev–Trinajstić information content (AvgIpc) is 2.96. The van der Waals surface area contributed by atoms with E-state index in [0.29, 0.717) is 18.8 Å². The van der Waals surface area contributed by atoms with Gasteiger partial charge in [-0.3, -0.25) is 9.52 Å². The number of fused-ring (bicyclic) bond motifs is 1. The van der Waals surface area contributed by atoms with Gasteiger partial charge in [-0.15, -0.1) is 0 Å². The Morgan fingerprint density at radius 2 is 2.00 bits per heavy atom. The van der Waals surface area contributed by atoms with Gasteiger partial charge >= 0.3 is 0 Å². The lowest BCUT2D eigenvalue weighted by Crippen LogP contribution is -2.18. The van der Waals surface area contributed by atoms with E-state index in [2.05, 4.69) is 4.72 Å². The zero-order valence-corrected chi connectivity index (χ0v) is 13.4. The van der Waals surface area contributed by atoms with Crippen molar-refractivity contribution in [2.24, 2.45) is 5.73 Å². The lowest BCUT2D eigenvalue weighted by atomic mass is 10.2. The molecular weight excluding hydrogens is 340 g/mol. The molecule has 1 amide bonds. The van der Waals surface area contributed by atoms with Gasteiger partial charge in [0.1, 0.15) is 5.75 Å². The highest BCUT2D eigenvalue weighted by molar-refractivity contribution is 7.92. The number of nitrogens with one attached hydrogen (secondary N) is 1. The van der Waals surface area contributed by atoms with E-state index >= 15 is 0 Å². The summed E-state index contributed by atoms with van der Waals surface area (Å²) < 4.78 is 32.8. The average molecular weight is 353 g/mol. The van der Waals surface area contributed by atoms with E-state index in [0.717, 1.165) is 5.56 Å². The van der Waals surface area contributed by atoms with E-state index in [1.54, 1.807) is 12.1 Å². The third kappa shape index (κ3) is 3.11. The van der Waals surface area contributed by atoms with E-state index in [9.17, 15) is 13.2 Å². The topological polar surface area (TPSA) is 98.5 Å². The number of nitrogens with two attached hydrogens (primary N) is 1. The largest absolute Gasteiger partial charge is 0.493 e. The first-order valence-corrected chi connectivity index (χ1v) is 8.61. The summed E-state index contributed by atoms with van der Waals surface area (Å²) in [5.74, 6) is -0.0826. The third-order valence-electron chi connectivity index (χ3n) is 3.46. The number of hydrogen-bond donors (Lipinski definition) is 2. The zero-order chi connectivity index (χ0) is 16.6. The molecule has 0 radical (unpaired) electrons. The van der Waals surface area contributed by atoms with E-state index in [1.807, 2.05) is 0 Å². The molecule has 0 spiro atoms. The number of ether oxygens (including phenoxy) is 1. The van der Waals surface area contributed by atoms with Gasteiger partial charge < -0.3 is 10.5 Å². The first-order chi connectivity index (χ1) is 10.9. The Morgan fingerprint density at radius 3 is 2.74 bits per heavy atom. The van der Waals surface area contributed by atoms with Crippen molar-refractivity contribution in [3.63, 3.8) is 0 Å². The van der Waals surface area contributed by atoms with Crippen molar-refractivity contribution < 1.29 is 17.9 Å². The van der Waals surface area contributed by atoms with Gasteiger partial charge in [-0.25, -0.2) is 8.42 Å². The molecule has 0 aromatic heterocycles. The molecule has 0 bridgehead atoms. The molecule has 3 rings (SSSR count). The van der Waals surface area contributed by atoms with Crippen LogP contribution in [0.25, 0.3) is 0 Å². The molecule has 1 aliphatic heterocycles. The lowest BCUT2D eigenvalue weighted by molar-refractivity contribution is 0.100. The molecule has 0 saturated heterocycles. The van der Waals surface area contributed by atoms with Crippen molar-refractivity contribution in [1.82, 2.24) is 0 Å². The Labute approximate surface area is 138 Å². The molecule has 1 heterocycles. The third-order valence-corrected chi connectivity index (χ3v) is 5.06. The van der Waals surface area contributed by atoms with E-state index in [-0.39, 0.29) is 21.2 Å². The highest BCUT2D eigenvalue weighted by Gasteiger charge is 2.21. The molecule has 0 atom stereocenters. The van der Waals surface area contributed by atoms with Crippen LogP contribution in [0.1, 0.15) is 15.9 Å². The van der Waals surface area contributed by atoms with Crippen molar-refractivity contribution in [3.05, 3.63) is 52.5 Å². The molecule has 120 valence electrons. The maximum atomic E-state index is 12.5. The zero-order valence-electron chi connectivity index (χ0n) is 11.9. The maximum Gasteiger partial charge on any atom is 0.261 e. The monoisotopic (exact) mass is 352 g/mol. The van der Waals surface area contributed by atoms with Crippen LogP contribution in [-0.2, 0) is 16.4 Å². The van der Waals surface area contributed by atoms with Crippen LogP contribution in [0.15, 0.2) is 41.3 Å². The van der Waals surface area contributed by atoms with E-state index < -0.39 is 15.9 Å². The second-order valence-electron chi connectivity index (χ2n) is 5.03. The van der Waals surface area contributed by atoms with E-state index in [1.165, 1.54) is 24.3 Å². The first-order valence-electron chi connectivity index (χ1n) is 6.75. The summed E-state index contributed by atoms with van der Waals surface area (Å²) in [6, 6.07) is 8.82. The standard InChI is InChI=1S/C15H13ClN2O4S/c16-10-1-3-13(12(8-10)15(17)19)18-23(20,21)11-2-4-14-9(7-11)5-6-22-14/h1-4,7-8,18H,5-6H2,(H2,17,19). The van der Waals surface area contributed by atoms with Crippen LogP contribution in [0.5, 0.6) is 5.75 Å². The van der Waals surface area contributed by atoms with Crippen LogP contribution in [0.2, 0.25) is 5.02 Å². The minimum Gasteiger partial charge on any atom is -0.493 e. The van der Waals surface area contributed by atoms with Crippen LogP contribution >= 0.6 is 11.6 Å². The molecule has 2 aromatic carbocycles. The van der Waals surface area contributed by atoms with Crippen molar-refractivity contribution in [1.29, 1.82) is 0 Å². The number of rotatable bonds is 4. The minimum absolute atomic E-state index is 0.00516. The van der Waals surface area contributed by atoms with Crippen molar-refractivity contribution in [3.8, 4) is 5.75 Å². The van der Waals surface area contributed by atoms with Crippen LogP contribution in [0.3, 0.4) is 0 Å². The molecule has 23 heavy (non-hydrogen) atoms. The quantitative estimate of drug-likeness (QED) is 0.880. The van der Waals surface area contributed by atoms with Crippen LogP contribution in [0, 0.1) is 0 Å². The summed E-state index contributed by atoms with van der Waals surface area (Å²) in [5, 5.41) is 0.288. The van der Waals surface area contributed by atoms with Gasteiger partial charge in [0.25, 0.3) is 15.9 Å². The van der Waals surface area contributed by atoms with Crippen molar-refractivity contribution >= 4 is 33.2 Å². The Morgan fingerprint density at radius 1 is 1.22 bits per heavy atom. The summed E-state index contributed by atoms with van der Waals surface area (Å²) in [7, 11) is -3.86. The number of carbonyl (C=O) groups excluding carboxylic acids is 1. The Hall–Kier alpha value is -2.25. The van der Waals surface area contributed by atoms with Gasteiger partial charge in [-0.05, 0) is 42.0 Å². The summed E-state index contributed by atoms with van der Waals surface area (Å²) in [5.41, 5.74) is 6.19. The Kier molecular flexibility index (Phi) is 3.91. The molecule has 3 N–H and O–H groups in total. The van der Waals surface area contributed by atoms with Crippen LogP contribution in [-0.4, -0.2) is 20.9 Å². The van der Waals surface area contributed by atoms with E-state index in [4.69, 9.17) is 22.1 Å². The molecule has 0 saturated carbocycles. The lowest BCUT2D eigenvalue weighted by Gasteiger charge is -2.12. The number of sulfonamides is 1. The van der Waals surface area contributed by atoms with Gasteiger partial charge in [0, 0.05) is 11.4 Å². The molecule has 8 heteroatoms. The smallest absolute Gasteiger partial charge is 0.261 e. The molecule has 0 unspecified atom stereocenters. The summed E-state index contributed by atoms with van der Waals surface area (Å²) >= 11 is 5.81. The van der Waals surface area contributed by atoms with Crippen molar-refractivity contribution in [2.75, 3.05) is 11.3 Å². The SMILES string of the molecule is NC(=O)c1cc(Cl)ccc1NS(=O)(=O)c1ccc2c(c1)CCO2. The number of halogens is 1. The molecule has 1 aliphatic rings. The number of hydrogen-bond acceptors (Lipinski definition) is 4. The summed E-state index contributed by atoms with van der Waals surface area (Å²) in [4.78, 5) is 11.6. The predicted octanol–water partition coefficient (Wildman–Crippen LogP) is 2.17. The summed E-state index contributed by atoms with van der Waals surface area (Å²) in [6.07, 6.45) is 0.659. The molecule has 0 fully saturated rings. The fourth-order valence-electron chi connectivity index (χ4n) is 2.34. The summed E-state index contributed by atoms with van der Waals surface area (Å²) in [6.45, 7) is 0.537. The van der Waals surface area contributed by atoms with Gasteiger partial charge in [0.15, 0.2) is 0 Å². The molecule has 2 aromatic rings. The highest BCUT2D eigenvalue weighted by Crippen LogP contribution is 2.29. The number of benzene rings is 2. The van der Waals surface area contributed by atoms with Gasteiger partial charge in [-0.1, -0.05) is 11.6 Å². The van der Waals surface area contributed by atoms with Gasteiger partial charge in [0.2, 0.25) is 0 Å². The van der Waals surface area contributed by atoms with Crippen LogP contribution in [0.4, 0.5) is 5.69 Å². The maximum absolute atomic E-state index is 12.5. The number of primary amides is 1. The number of amides is 1. The van der Waals surface area contributed by atoms with Gasteiger partial charge in [0.05, 0.1) is 22.8 Å². The normalized spacial score (nSPS) is 13.3. The highest BCUT2D eigenvalue weighted by atomic mass is 35.5. The molecule has 6 nitrogen and oxygen atoms in total. The number of anilines is 1. The molecular formula is C15H13ClN2O4S. The second kappa shape index (κ2) is 5.75. The minimum atomic E-state index is -3.86. The first kappa shape index (κ1) is 15.6. The van der Waals surface area contributed by atoms with Crippen LogP contribution < -0.4 is 15.2 Å². The Bertz CT molecular complexity index is 896. The number of carbonyl (C=O) groups is 1. The van der Waals surface area contributed by atoms with Crippen molar-refractivity contribution in [2.45, 2.75) is 11.3 Å². The Balaban J connectivity index is 1.97. The fourth-order valence-corrected chi connectivity index (χ4v) is 3.65. The predicted molar refractivity (Wildman–Crippen MR) is 86.4 cm³/mol. The molecule has 0 aliphatic carbocycles. The fraction of sp³-hybridized carbons (Fsp3) is 0.133. The van der Waals surface area contributed by atoms with Gasteiger partial charge in [-0.2, -0.15) is 0 Å². The second-order valence-corrected chi connectivity index (χ2v) is 7.15.